The van der Waals surface area contributed by atoms with Crippen LogP contribution in [0.25, 0.3) is 20.4 Å². The molecule has 0 aliphatic rings. The maximum atomic E-state index is 6.05. The van der Waals surface area contributed by atoms with Crippen LogP contribution in [0.5, 0.6) is 0 Å². The molecule has 4 rings (SSSR count). The molecule has 8 nitrogen and oxygen atoms in total. The Balaban J connectivity index is 1.21. The monoisotopic (exact) mass is 992 g/mol. The lowest BCUT2D eigenvalue weighted by Gasteiger charge is -2.28. The highest BCUT2D eigenvalue weighted by atomic mass is 33.1. The second kappa shape index (κ2) is 33.6. The number of rotatable bonds is 41. The van der Waals surface area contributed by atoms with E-state index in [4.69, 9.17) is 36.5 Å². The smallest absolute Gasteiger partial charge is 0.374 e. The van der Waals surface area contributed by atoms with Crippen molar-refractivity contribution in [2.45, 2.75) is 193 Å². The van der Waals surface area contributed by atoms with Crippen molar-refractivity contribution in [1.29, 1.82) is 0 Å². The Morgan fingerprint density at radius 2 is 0.688 bits per heavy atom. The average molecular weight is 994 g/mol. The zero-order chi connectivity index (χ0) is 45.6. The van der Waals surface area contributed by atoms with Crippen molar-refractivity contribution in [2.75, 3.05) is 39.6 Å². The van der Waals surface area contributed by atoms with Crippen LogP contribution in [0.3, 0.4) is 0 Å². The summed E-state index contributed by atoms with van der Waals surface area (Å²) in [4.78, 5) is 10.4. The van der Waals surface area contributed by atoms with Crippen LogP contribution in [0.2, 0.25) is 12.1 Å². The molecule has 14 heteroatoms. The Labute approximate surface area is 407 Å². The molecule has 2 atom stereocenters. The molecule has 0 N–H and O–H groups in total. The summed E-state index contributed by atoms with van der Waals surface area (Å²) in [5.41, 5.74) is 2.27. The van der Waals surface area contributed by atoms with Gasteiger partial charge in [-0.25, -0.2) is 9.97 Å². The molecule has 2 heterocycles. The highest BCUT2D eigenvalue weighted by Crippen LogP contribution is 2.52. The lowest BCUT2D eigenvalue weighted by atomic mass is 10.1. The van der Waals surface area contributed by atoms with Gasteiger partial charge in [-0.3, -0.25) is 0 Å². The van der Waals surface area contributed by atoms with Crippen molar-refractivity contribution in [3.63, 3.8) is 0 Å². The van der Waals surface area contributed by atoms with E-state index < -0.39 is 17.6 Å². The van der Waals surface area contributed by atoms with Crippen molar-refractivity contribution >= 4 is 82.3 Å². The Morgan fingerprint density at radius 3 is 0.984 bits per heavy atom. The molecule has 0 radical (unpaired) electrons. The molecule has 64 heavy (non-hydrogen) atoms. The molecular weight excluding hydrogens is 909 g/mol. The van der Waals surface area contributed by atoms with Crippen LogP contribution in [-0.4, -0.2) is 67.2 Å². The summed E-state index contributed by atoms with van der Waals surface area (Å²) in [6, 6.07) is 19.2. The maximum absolute atomic E-state index is 6.05. The molecule has 0 bridgehead atoms. The normalized spacial score (nSPS) is 13.4. The van der Waals surface area contributed by atoms with Crippen LogP contribution in [0.15, 0.2) is 48.5 Å². The molecule has 2 unspecified atom stereocenters. The van der Waals surface area contributed by atoms with Crippen LogP contribution in [0.1, 0.15) is 190 Å². The third kappa shape index (κ3) is 20.4. The first kappa shape index (κ1) is 55.7. The molecule has 0 aliphatic carbocycles. The second-order valence-corrected chi connectivity index (χ2v) is 26.9. The van der Waals surface area contributed by atoms with E-state index in [-0.39, 0.29) is 0 Å². The van der Waals surface area contributed by atoms with Gasteiger partial charge in [0, 0.05) is 51.7 Å². The quantitative estimate of drug-likeness (QED) is 0.0244. The molecular formula is C50H84N2O6S4Si2. The second-order valence-electron chi connectivity index (χ2n) is 16.6. The van der Waals surface area contributed by atoms with Gasteiger partial charge in [-0.1, -0.05) is 149 Å². The van der Waals surface area contributed by atoms with Crippen molar-refractivity contribution in [3.05, 3.63) is 58.5 Å². The van der Waals surface area contributed by atoms with Gasteiger partial charge in [0.15, 0.2) is 0 Å². The van der Waals surface area contributed by atoms with E-state index >= 15 is 0 Å². The van der Waals surface area contributed by atoms with Crippen molar-refractivity contribution < 1.29 is 26.6 Å². The number of hydrogen-bond acceptors (Lipinski definition) is 12. The van der Waals surface area contributed by atoms with E-state index in [2.05, 4.69) is 70.1 Å². The van der Waals surface area contributed by atoms with E-state index in [1.807, 2.05) is 64.2 Å². The van der Waals surface area contributed by atoms with Crippen LogP contribution in [0.4, 0.5) is 0 Å². The zero-order valence-corrected chi connectivity index (χ0v) is 45.8. The van der Waals surface area contributed by atoms with Crippen LogP contribution in [0, 0.1) is 0 Å². The van der Waals surface area contributed by atoms with E-state index in [0.717, 1.165) is 36.0 Å². The van der Waals surface area contributed by atoms with Crippen molar-refractivity contribution in [2.24, 2.45) is 0 Å². The van der Waals surface area contributed by atoms with Crippen molar-refractivity contribution in [3.8, 4) is 0 Å². The number of aromatic nitrogens is 2. The summed E-state index contributed by atoms with van der Waals surface area (Å²) < 4.78 is 38.9. The van der Waals surface area contributed by atoms with E-state index in [9.17, 15) is 0 Å². The minimum atomic E-state index is -2.51. The van der Waals surface area contributed by atoms with E-state index in [0.29, 0.717) is 50.1 Å². The Morgan fingerprint density at radius 1 is 0.406 bits per heavy atom. The van der Waals surface area contributed by atoms with Gasteiger partial charge in [0.2, 0.25) is 0 Å². The van der Waals surface area contributed by atoms with Gasteiger partial charge in [-0.2, -0.15) is 0 Å². The third-order valence-corrected chi connectivity index (χ3v) is 23.7. The first-order valence-corrected chi connectivity index (χ1v) is 33.1. The number of fused-ring (bicyclic) bond motifs is 2. The molecule has 0 aliphatic heterocycles. The summed E-state index contributed by atoms with van der Waals surface area (Å²) in [7, 11) is -0.878. The molecule has 2 aromatic heterocycles. The Bertz CT molecular complexity index is 1540. The number of nitrogens with zero attached hydrogens (tertiary/aromatic N) is 2. The fourth-order valence-electron chi connectivity index (χ4n) is 8.43. The standard InChI is InChI=1S/C50H84N2O6S4Si2/c1-7-53-63(54-8-2,55-9-3)41-33-25-21-17-13-15-19-23-27-39-47(49-51-43-35-29-31-37-45(43)59-49)61-62-48(50-52-44-36-30-32-38-46(44)60-50)40-28-24-20-16-14-18-22-26-34-42-64(56-10-4,57-11-5)58-12-6/h29-32,35-38,47-48H,7-28,33-34,39-42H2,1-6H3. The topological polar surface area (TPSA) is 81.2 Å². The average Bonchev–Trinajstić information content (AvgIpc) is 3.93. The Kier molecular flexibility index (Phi) is 29.2. The lowest BCUT2D eigenvalue weighted by molar-refractivity contribution is 0.0698. The molecule has 0 saturated carbocycles. The SMILES string of the molecule is CCO[Si](CCCCCCCCCCCC(SSC(CCCCCCCCCCC[Si](OCC)(OCC)OCC)c1nc2ccccc2s1)c1nc2ccccc2s1)(OCC)OCC. The Hall–Kier alpha value is -0.886. The maximum Gasteiger partial charge on any atom is 0.500 e. The predicted molar refractivity (Wildman–Crippen MR) is 283 cm³/mol. The molecule has 0 fully saturated rings. The fraction of sp³-hybridized carbons (Fsp3) is 0.720. The molecule has 0 amide bonds. The predicted octanol–water partition coefficient (Wildman–Crippen LogP) is 17.0. The number of unbranched alkanes of at least 4 members (excludes halogenated alkanes) is 16. The van der Waals surface area contributed by atoms with Gasteiger partial charge in [0.1, 0.15) is 10.0 Å². The highest BCUT2D eigenvalue weighted by Gasteiger charge is 2.40. The number of para-hydroxylation sites is 2. The molecule has 0 spiro atoms. The minimum absolute atomic E-state index is 0.385. The first-order chi connectivity index (χ1) is 31.4. The minimum Gasteiger partial charge on any atom is -0.374 e. The zero-order valence-electron chi connectivity index (χ0n) is 40.5. The van der Waals surface area contributed by atoms with E-state index in [1.54, 1.807) is 0 Å². The largest absolute Gasteiger partial charge is 0.500 e. The van der Waals surface area contributed by atoms with Gasteiger partial charge >= 0.3 is 17.6 Å². The van der Waals surface area contributed by atoms with Crippen molar-refractivity contribution in [1.82, 2.24) is 9.97 Å². The molecule has 362 valence electrons. The number of thiazole rings is 2. The summed E-state index contributed by atoms with van der Waals surface area (Å²) in [5.74, 6) is 0. The summed E-state index contributed by atoms with van der Waals surface area (Å²) in [5, 5.41) is 3.34. The third-order valence-electron chi connectivity index (χ3n) is 11.5. The highest BCUT2D eigenvalue weighted by molar-refractivity contribution is 8.76. The fourth-order valence-corrected chi connectivity index (χ4v) is 19.7. The lowest BCUT2D eigenvalue weighted by Crippen LogP contribution is -2.45. The van der Waals surface area contributed by atoms with Gasteiger partial charge < -0.3 is 26.6 Å². The first-order valence-electron chi connectivity index (χ1n) is 25.3. The van der Waals surface area contributed by atoms with E-state index in [1.165, 1.54) is 135 Å². The van der Waals surface area contributed by atoms with Gasteiger partial charge in [-0.05, 0) is 91.5 Å². The summed E-state index contributed by atoms with van der Waals surface area (Å²) in [6.07, 6.45) is 25.2. The summed E-state index contributed by atoms with van der Waals surface area (Å²) >= 11 is 3.79. The summed E-state index contributed by atoms with van der Waals surface area (Å²) in [6.45, 7) is 16.2. The van der Waals surface area contributed by atoms with Crippen LogP contribution >= 0.6 is 44.3 Å². The van der Waals surface area contributed by atoms with Gasteiger partial charge in [0.25, 0.3) is 0 Å². The number of benzene rings is 2. The van der Waals surface area contributed by atoms with Crippen LogP contribution in [-0.2, 0) is 26.6 Å². The molecule has 2 aromatic carbocycles. The molecule has 4 aromatic rings. The van der Waals surface area contributed by atoms with Gasteiger partial charge in [0.05, 0.1) is 30.9 Å². The number of hydrogen-bond donors (Lipinski definition) is 0. The molecule has 0 saturated heterocycles. The van der Waals surface area contributed by atoms with Gasteiger partial charge in [-0.15, -0.1) is 22.7 Å². The van der Waals surface area contributed by atoms with Crippen LogP contribution < -0.4 is 0 Å².